The molecule has 0 aliphatic rings. The van der Waals surface area contributed by atoms with Crippen LogP contribution in [0.15, 0.2) is 45.7 Å². The summed E-state index contributed by atoms with van der Waals surface area (Å²) in [5.41, 5.74) is 2.08. The lowest BCUT2D eigenvalue weighted by Crippen LogP contribution is -2.45. The zero-order valence-corrected chi connectivity index (χ0v) is 17.5. The molecule has 0 aliphatic carbocycles. The van der Waals surface area contributed by atoms with E-state index in [2.05, 4.69) is 27.8 Å². The second-order valence-electron chi connectivity index (χ2n) is 6.83. The Balaban J connectivity index is 1.99. The molecule has 0 fully saturated rings. The van der Waals surface area contributed by atoms with Crippen LogP contribution in [0.4, 0.5) is 0 Å². The third-order valence-electron chi connectivity index (χ3n) is 5.15. The average molecular weight is 389 g/mol. The topological polar surface area (TPSA) is 34.9 Å². The highest BCUT2D eigenvalue weighted by molar-refractivity contribution is 7.99. The maximum Gasteiger partial charge on any atom is 0.267 e. The maximum absolute atomic E-state index is 13.1. The van der Waals surface area contributed by atoms with Gasteiger partial charge in [-0.05, 0) is 44.4 Å². The first-order valence-corrected chi connectivity index (χ1v) is 10.9. The fourth-order valence-electron chi connectivity index (χ4n) is 2.81. The van der Waals surface area contributed by atoms with Gasteiger partial charge in [0.1, 0.15) is 4.83 Å². The van der Waals surface area contributed by atoms with E-state index in [1.807, 2.05) is 35.7 Å². The minimum absolute atomic E-state index is 0.0193. The highest BCUT2D eigenvalue weighted by Gasteiger charge is 2.18. The molecule has 1 aromatic carbocycles. The molecule has 138 valence electrons. The number of benzene rings is 1. The van der Waals surface area contributed by atoms with Crippen LogP contribution in [0.5, 0.6) is 0 Å². The third kappa shape index (κ3) is 3.87. The van der Waals surface area contributed by atoms with E-state index in [0.717, 1.165) is 45.5 Å². The Bertz CT molecular complexity index is 940. The first kappa shape index (κ1) is 19.1. The summed E-state index contributed by atoms with van der Waals surface area (Å²) >= 11 is 3.21. The van der Waals surface area contributed by atoms with Gasteiger partial charge < -0.3 is 4.48 Å². The predicted octanol–water partition coefficient (Wildman–Crippen LogP) is 4.33. The van der Waals surface area contributed by atoms with Crippen LogP contribution >= 0.6 is 23.1 Å². The molecule has 3 aromatic rings. The number of hydrogen-bond donors (Lipinski definition) is 0. The first-order chi connectivity index (χ1) is 12.5. The van der Waals surface area contributed by atoms with Gasteiger partial charge in [0.15, 0.2) is 5.16 Å². The van der Waals surface area contributed by atoms with E-state index < -0.39 is 0 Å². The summed E-state index contributed by atoms with van der Waals surface area (Å²) in [4.78, 5) is 18.7. The lowest BCUT2D eigenvalue weighted by molar-refractivity contribution is -0.903. The van der Waals surface area contributed by atoms with Gasteiger partial charge in [-0.15, -0.1) is 11.3 Å². The zero-order valence-electron chi connectivity index (χ0n) is 15.9. The summed E-state index contributed by atoms with van der Waals surface area (Å²) in [6, 6.07) is 9.95. The minimum Gasteiger partial charge on any atom is -0.326 e. The third-order valence-corrected chi connectivity index (χ3v) is 6.87. The van der Waals surface area contributed by atoms with Crippen LogP contribution in [-0.2, 0) is 0 Å². The van der Waals surface area contributed by atoms with Gasteiger partial charge in [0, 0.05) is 0 Å². The monoisotopic (exact) mass is 388 g/mol. The summed E-state index contributed by atoms with van der Waals surface area (Å²) in [7, 11) is 2.28. The quantitative estimate of drug-likeness (QED) is 0.343. The van der Waals surface area contributed by atoms with Crippen LogP contribution in [-0.4, -0.2) is 46.5 Å². The molecule has 0 saturated heterocycles. The number of quaternary nitrogens is 1. The molecule has 0 amide bonds. The largest absolute Gasteiger partial charge is 0.326 e. The molecule has 2 heterocycles. The Morgan fingerprint density at radius 3 is 2.50 bits per heavy atom. The number of aryl methyl sites for hydroxylation is 1. The number of nitrogens with zero attached hydrogens (tertiary/aromatic N) is 3. The molecule has 0 radical (unpaired) electrons. The van der Waals surface area contributed by atoms with Gasteiger partial charge in [0.25, 0.3) is 5.56 Å². The summed E-state index contributed by atoms with van der Waals surface area (Å²) in [6.45, 7) is 9.79. The van der Waals surface area contributed by atoms with E-state index in [9.17, 15) is 4.79 Å². The van der Waals surface area contributed by atoms with Crippen molar-refractivity contribution in [2.24, 2.45) is 0 Å². The van der Waals surface area contributed by atoms with Crippen LogP contribution in [0.25, 0.3) is 15.9 Å². The van der Waals surface area contributed by atoms with Crippen molar-refractivity contribution in [1.82, 2.24) is 9.55 Å². The number of hydrogen-bond acceptors (Lipinski definition) is 4. The van der Waals surface area contributed by atoms with E-state index >= 15 is 0 Å². The Morgan fingerprint density at radius 1 is 1.15 bits per heavy atom. The molecule has 26 heavy (non-hydrogen) atoms. The number of fused-ring (bicyclic) bond motifs is 1. The smallest absolute Gasteiger partial charge is 0.267 e. The Kier molecular flexibility index (Phi) is 5.85. The highest BCUT2D eigenvalue weighted by Crippen LogP contribution is 2.24. The van der Waals surface area contributed by atoms with Crippen molar-refractivity contribution < 1.29 is 4.48 Å². The van der Waals surface area contributed by atoms with Gasteiger partial charge in [0.2, 0.25) is 0 Å². The van der Waals surface area contributed by atoms with Crippen LogP contribution in [0.3, 0.4) is 0 Å². The highest BCUT2D eigenvalue weighted by atomic mass is 32.2. The normalized spacial score (nSPS) is 12.0. The van der Waals surface area contributed by atoms with Crippen molar-refractivity contribution in [3.63, 3.8) is 0 Å². The number of thiophene rings is 1. The number of aromatic nitrogens is 2. The average Bonchev–Trinajstić information content (AvgIpc) is 3.12. The molecular formula is C20H26N3OS2+. The van der Waals surface area contributed by atoms with Crippen LogP contribution < -0.4 is 5.56 Å². The molecule has 4 nitrogen and oxygen atoms in total. The molecular weight excluding hydrogens is 362 g/mol. The Labute approximate surface area is 163 Å². The summed E-state index contributed by atoms with van der Waals surface area (Å²) in [5, 5.41) is 3.42. The Hall–Kier alpha value is -1.63. The van der Waals surface area contributed by atoms with Crippen LogP contribution in [0.1, 0.15) is 19.4 Å². The fraction of sp³-hybridized carbons (Fsp3) is 0.400. The van der Waals surface area contributed by atoms with Gasteiger partial charge in [-0.3, -0.25) is 9.36 Å². The molecule has 3 rings (SSSR count). The molecule has 2 aromatic heterocycles. The standard InChI is InChI=1S/C20H26N3OS2/c1-5-23(4,6-2)12-14-26-20-21-18-17(11-13-25-18)19(24)22(20)16-9-7-15(3)8-10-16/h7-11,13H,5-6,12,14H2,1-4H3/q+1. The number of rotatable bonds is 7. The van der Waals surface area contributed by atoms with Gasteiger partial charge in [-0.2, -0.15) is 0 Å². The second kappa shape index (κ2) is 7.94. The van der Waals surface area contributed by atoms with Crippen molar-refractivity contribution in [2.45, 2.75) is 25.9 Å². The van der Waals surface area contributed by atoms with Crippen LogP contribution in [0.2, 0.25) is 0 Å². The first-order valence-electron chi connectivity index (χ1n) is 9.01. The van der Waals surface area contributed by atoms with Crippen molar-refractivity contribution in [3.8, 4) is 5.69 Å². The summed E-state index contributed by atoms with van der Waals surface area (Å²) in [5.74, 6) is 0.938. The van der Waals surface area contributed by atoms with Gasteiger partial charge in [-0.1, -0.05) is 29.5 Å². The van der Waals surface area contributed by atoms with Crippen molar-refractivity contribution in [2.75, 3.05) is 32.4 Å². The van der Waals surface area contributed by atoms with E-state index in [1.165, 1.54) is 16.9 Å². The lowest BCUT2D eigenvalue weighted by Gasteiger charge is -2.31. The molecule has 0 N–H and O–H groups in total. The van der Waals surface area contributed by atoms with Crippen molar-refractivity contribution >= 4 is 33.3 Å². The molecule has 0 atom stereocenters. The predicted molar refractivity (Wildman–Crippen MR) is 113 cm³/mol. The van der Waals surface area contributed by atoms with E-state index in [4.69, 9.17) is 4.98 Å². The summed E-state index contributed by atoms with van der Waals surface area (Å²) in [6.07, 6.45) is 0. The van der Waals surface area contributed by atoms with E-state index in [0.29, 0.717) is 5.39 Å². The molecule has 0 spiro atoms. The van der Waals surface area contributed by atoms with Gasteiger partial charge >= 0.3 is 0 Å². The van der Waals surface area contributed by atoms with Gasteiger partial charge in [-0.25, -0.2) is 4.98 Å². The molecule has 0 bridgehead atoms. The molecule has 0 aliphatic heterocycles. The SMILES string of the molecule is CC[N+](C)(CC)CCSc1nc2sccc2c(=O)n1-c1ccc(C)cc1. The van der Waals surface area contributed by atoms with Gasteiger partial charge in [0.05, 0.1) is 43.5 Å². The molecule has 0 unspecified atom stereocenters. The lowest BCUT2D eigenvalue weighted by atomic mass is 10.2. The zero-order chi connectivity index (χ0) is 18.7. The Morgan fingerprint density at radius 2 is 1.85 bits per heavy atom. The minimum atomic E-state index is 0.0193. The van der Waals surface area contributed by atoms with E-state index in [-0.39, 0.29) is 5.56 Å². The van der Waals surface area contributed by atoms with Crippen molar-refractivity contribution in [3.05, 3.63) is 51.6 Å². The van der Waals surface area contributed by atoms with Crippen molar-refractivity contribution in [1.29, 1.82) is 0 Å². The second-order valence-corrected chi connectivity index (χ2v) is 8.79. The summed E-state index contributed by atoms with van der Waals surface area (Å²) < 4.78 is 2.80. The number of thioether (sulfide) groups is 1. The molecule has 6 heteroatoms. The van der Waals surface area contributed by atoms with Crippen LogP contribution in [0, 0.1) is 6.92 Å². The fourth-order valence-corrected chi connectivity index (χ4v) is 4.81. The van der Waals surface area contributed by atoms with E-state index in [1.54, 1.807) is 16.3 Å². The molecule has 0 saturated carbocycles. The maximum atomic E-state index is 13.1.